The molecule has 0 radical (unpaired) electrons. The molecule has 0 bridgehead atoms. The average molecular weight is 349 g/mol. The first-order chi connectivity index (χ1) is 8.88. The highest BCUT2D eigenvalue weighted by Crippen LogP contribution is 2.25. The van der Waals surface area contributed by atoms with Crippen molar-refractivity contribution in [1.29, 1.82) is 0 Å². The number of nitrogens with one attached hydrogen (secondary N) is 1. The van der Waals surface area contributed by atoms with E-state index in [4.69, 9.17) is 16.3 Å². The molecule has 0 aliphatic rings. The van der Waals surface area contributed by atoms with Crippen molar-refractivity contribution in [3.05, 3.63) is 33.3 Å². The number of ether oxygens (including phenoxy) is 1. The fourth-order valence-corrected chi connectivity index (χ4v) is 2.89. The molecule has 4 heteroatoms. The number of rotatable bonds is 7. The standard InChI is InChI=1S/C15H23BrClNO/c1-5-18-13(10-15(2,3)19-4)8-11-6-7-12(16)9-14(11)17/h6-7,9,13,18H,5,8,10H2,1-4H3. The van der Waals surface area contributed by atoms with Gasteiger partial charge in [0.25, 0.3) is 0 Å². The van der Waals surface area contributed by atoms with Gasteiger partial charge in [-0.05, 0) is 50.9 Å². The molecule has 0 heterocycles. The Morgan fingerprint density at radius 2 is 2.11 bits per heavy atom. The van der Waals surface area contributed by atoms with Crippen molar-refractivity contribution in [3.8, 4) is 0 Å². The highest BCUT2D eigenvalue weighted by atomic mass is 79.9. The van der Waals surface area contributed by atoms with Gasteiger partial charge < -0.3 is 10.1 Å². The van der Waals surface area contributed by atoms with Crippen LogP contribution in [-0.2, 0) is 11.2 Å². The van der Waals surface area contributed by atoms with E-state index in [0.29, 0.717) is 6.04 Å². The van der Waals surface area contributed by atoms with Crippen LogP contribution in [0, 0.1) is 0 Å². The molecule has 1 unspecified atom stereocenters. The van der Waals surface area contributed by atoms with E-state index >= 15 is 0 Å². The molecule has 0 fully saturated rings. The van der Waals surface area contributed by atoms with Crippen molar-refractivity contribution < 1.29 is 4.74 Å². The minimum absolute atomic E-state index is 0.130. The summed E-state index contributed by atoms with van der Waals surface area (Å²) < 4.78 is 6.53. The molecule has 0 amide bonds. The average Bonchev–Trinajstić information content (AvgIpc) is 2.32. The third-order valence-electron chi connectivity index (χ3n) is 3.26. The maximum absolute atomic E-state index is 6.29. The Balaban J connectivity index is 2.77. The predicted octanol–water partition coefficient (Wildman–Crippen LogP) is 4.44. The van der Waals surface area contributed by atoms with Gasteiger partial charge >= 0.3 is 0 Å². The summed E-state index contributed by atoms with van der Waals surface area (Å²) in [6.45, 7) is 7.29. The van der Waals surface area contributed by atoms with Crippen LogP contribution in [0.2, 0.25) is 5.02 Å². The molecule has 1 aromatic carbocycles. The van der Waals surface area contributed by atoms with E-state index in [2.05, 4.69) is 48.1 Å². The molecule has 0 aliphatic heterocycles. The van der Waals surface area contributed by atoms with Gasteiger partial charge in [0, 0.05) is 22.6 Å². The Kier molecular flexibility index (Phi) is 6.81. The summed E-state index contributed by atoms with van der Waals surface area (Å²) in [5.41, 5.74) is 1.04. The Morgan fingerprint density at radius 3 is 2.63 bits per heavy atom. The second kappa shape index (κ2) is 7.63. The summed E-state index contributed by atoms with van der Waals surface area (Å²) >= 11 is 9.72. The van der Waals surface area contributed by atoms with E-state index < -0.39 is 0 Å². The molecular weight excluding hydrogens is 326 g/mol. The van der Waals surface area contributed by atoms with Crippen molar-refractivity contribution in [2.45, 2.75) is 45.3 Å². The van der Waals surface area contributed by atoms with Crippen LogP contribution in [0.4, 0.5) is 0 Å². The Labute approximate surface area is 130 Å². The third kappa shape index (κ3) is 5.82. The molecule has 1 atom stereocenters. The van der Waals surface area contributed by atoms with Gasteiger partial charge in [0.05, 0.1) is 5.60 Å². The topological polar surface area (TPSA) is 21.3 Å². The minimum atomic E-state index is -0.130. The van der Waals surface area contributed by atoms with Crippen LogP contribution in [0.25, 0.3) is 0 Å². The molecule has 1 N–H and O–H groups in total. The van der Waals surface area contributed by atoms with Crippen molar-refractivity contribution >= 4 is 27.5 Å². The quantitative estimate of drug-likeness (QED) is 0.786. The number of hydrogen-bond donors (Lipinski definition) is 1. The molecule has 0 saturated carbocycles. The van der Waals surface area contributed by atoms with Crippen LogP contribution in [-0.4, -0.2) is 25.3 Å². The van der Waals surface area contributed by atoms with Gasteiger partial charge in [0.2, 0.25) is 0 Å². The molecule has 0 aromatic heterocycles. The summed E-state index contributed by atoms with van der Waals surface area (Å²) in [6.07, 6.45) is 1.86. The van der Waals surface area contributed by atoms with Crippen molar-refractivity contribution in [3.63, 3.8) is 0 Å². The molecule has 0 saturated heterocycles. The lowest BCUT2D eigenvalue weighted by molar-refractivity contribution is 0.00726. The van der Waals surface area contributed by atoms with Crippen LogP contribution < -0.4 is 5.32 Å². The first-order valence-electron chi connectivity index (χ1n) is 6.60. The number of hydrogen-bond acceptors (Lipinski definition) is 2. The van der Waals surface area contributed by atoms with E-state index in [1.54, 1.807) is 7.11 Å². The van der Waals surface area contributed by atoms with E-state index in [9.17, 15) is 0 Å². The van der Waals surface area contributed by atoms with Crippen LogP contribution in [0.1, 0.15) is 32.8 Å². The maximum Gasteiger partial charge on any atom is 0.0637 e. The monoisotopic (exact) mass is 347 g/mol. The number of methoxy groups -OCH3 is 1. The molecule has 108 valence electrons. The lowest BCUT2D eigenvalue weighted by atomic mass is 9.94. The lowest BCUT2D eigenvalue weighted by Crippen LogP contribution is -2.39. The fraction of sp³-hybridized carbons (Fsp3) is 0.600. The van der Waals surface area contributed by atoms with Gasteiger partial charge in [-0.3, -0.25) is 0 Å². The van der Waals surface area contributed by atoms with Gasteiger partial charge in [-0.1, -0.05) is 40.5 Å². The first-order valence-corrected chi connectivity index (χ1v) is 7.77. The Hall–Kier alpha value is -0.0900. The van der Waals surface area contributed by atoms with Crippen molar-refractivity contribution in [2.24, 2.45) is 0 Å². The van der Waals surface area contributed by atoms with Crippen LogP contribution in [0.15, 0.2) is 22.7 Å². The van der Waals surface area contributed by atoms with Crippen molar-refractivity contribution in [2.75, 3.05) is 13.7 Å². The van der Waals surface area contributed by atoms with Gasteiger partial charge in [0.1, 0.15) is 0 Å². The second-order valence-electron chi connectivity index (χ2n) is 5.36. The number of halogens is 2. The maximum atomic E-state index is 6.29. The molecule has 1 rings (SSSR count). The molecule has 19 heavy (non-hydrogen) atoms. The summed E-state index contributed by atoms with van der Waals surface area (Å²) in [7, 11) is 1.76. The zero-order valence-electron chi connectivity index (χ0n) is 12.1. The van der Waals surface area contributed by atoms with Gasteiger partial charge in [-0.25, -0.2) is 0 Å². The van der Waals surface area contributed by atoms with Gasteiger partial charge in [-0.15, -0.1) is 0 Å². The van der Waals surface area contributed by atoms with E-state index in [1.807, 2.05) is 12.1 Å². The van der Waals surface area contributed by atoms with E-state index in [1.165, 1.54) is 5.56 Å². The fourth-order valence-electron chi connectivity index (χ4n) is 2.13. The summed E-state index contributed by atoms with van der Waals surface area (Å²) in [5, 5.41) is 4.33. The zero-order valence-corrected chi connectivity index (χ0v) is 14.4. The third-order valence-corrected chi connectivity index (χ3v) is 4.11. The zero-order chi connectivity index (χ0) is 14.5. The smallest absolute Gasteiger partial charge is 0.0637 e. The molecule has 1 aromatic rings. The number of likely N-dealkylation sites (N-methyl/N-ethyl adjacent to an activating group) is 1. The molecule has 2 nitrogen and oxygen atoms in total. The lowest BCUT2D eigenvalue weighted by Gasteiger charge is -2.29. The highest BCUT2D eigenvalue weighted by molar-refractivity contribution is 9.10. The van der Waals surface area contributed by atoms with Gasteiger partial charge in [-0.2, -0.15) is 0 Å². The van der Waals surface area contributed by atoms with Crippen LogP contribution in [0.5, 0.6) is 0 Å². The molecule has 0 aliphatic carbocycles. The second-order valence-corrected chi connectivity index (χ2v) is 6.69. The van der Waals surface area contributed by atoms with E-state index in [-0.39, 0.29) is 5.60 Å². The Bertz CT molecular complexity index is 409. The molecular formula is C15H23BrClNO. The number of benzene rings is 1. The summed E-state index contributed by atoms with van der Waals surface area (Å²) in [5.74, 6) is 0. The Morgan fingerprint density at radius 1 is 1.42 bits per heavy atom. The van der Waals surface area contributed by atoms with Gasteiger partial charge in [0.15, 0.2) is 0 Å². The first kappa shape index (κ1) is 17.0. The highest BCUT2D eigenvalue weighted by Gasteiger charge is 2.23. The van der Waals surface area contributed by atoms with Crippen molar-refractivity contribution in [1.82, 2.24) is 5.32 Å². The van der Waals surface area contributed by atoms with Crippen LogP contribution >= 0.6 is 27.5 Å². The largest absolute Gasteiger partial charge is 0.379 e. The summed E-state index contributed by atoms with van der Waals surface area (Å²) in [4.78, 5) is 0. The normalized spacial score (nSPS) is 13.6. The molecule has 0 spiro atoms. The summed E-state index contributed by atoms with van der Waals surface area (Å²) in [6, 6.07) is 6.42. The van der Waals surface area contributed by atoms with Crippen LogP contribution in [0.3, 0.4) is 0 Å². The predicted molar refractivity (Wildman–Crippen MR) is 86.0 cm³/mol. The SMILES string of the molecule is CCNC(Cc1ccc(Br)cc1Cl)CC(C)(C)OC. The minimum Gasteiger partial charge on any atom is -0.379 e. The van der Waals surface area contributed by atoms with E-state index in [0.717, 1.165) is 28.9 Å².